The van der Waals surface area contributed by atoms with E-state index in [0.717, 1.165) is 11.3 Å². The van der Waals surface area contributed by atoms with Gasteiger partial charge in [0.15, 0.2) is 6.04 Å². The van der Waals surface area contributed by atoms with Crippen molar-refractivity contribution in [3.05, 3.63) is 29.8 Å². The summed E-state index contributed by atoms with van der Waals surface area (Å²) in [5.74, 6) is -0.186. The number of benzene rings is 1. The van der Waals surface area contributed by atoms with E-state index in [1.165, 1.54) is 11.0 Å². The molecule has 1 aromatic carbocycles. The van der Waals surface area contributed by atoms with E-state index in [9.17, 15) is 9.59 Å². The topological polar surface area (TPSA) is 49.7 Å². The fraction of sp³-hybridized carbons (Fsp3) is 0.200. The van der Waals surface area contributed by atoms with Gasteiger partial charge >= 0.3 is 0 Å². The number of anilines is 1. The lowest BCUT2D eigenvalue weighted by atomic mass is 10.1. The minimum Gasteiger partial charge on any atom is -0.313 e. The molecule has 70 valence electrons. The number of isocyanates is 1. The number of nitrogens with zero attached hydrogens (tertiary/aromatic N) is 2. The average molecular weight is 188 g/mol. The number of rotatable bonds is 1. The number of aliphatic imine (C=N–C) groups is 1. The van der Waals surface area contributed by atoms with E-state index in [1.807, 2.05) is 18.2 Å². The van der Waals surface area contributed by atoms with Gasteiger partial charge in [-0.15, -0.1) is 0 Å². The molecule has 1 heterocycles. The molecule has 0 fully saturated rings. The van der Waals surface area contributed by atoms with Crippen LogP contribution in [0.4, 0.5) is 5.69 Å². The molecule has 2 rings (SSSR count). The van der Waals surface area contributed by atoms with Gasteiger partial charge in [0.1, 0.15) is 0 Å². The normalized spacial score (nSPS) is 19.1. The Bertz CT molecular complexity index is 436. The van der Waals surface area contributed by atoms with Crippen LogP contribution in [0.1, 0.15) is 11.6 Å². The van der Waals surface area contributed by atoms with Crippen LogP contribution in [0.25, 0.3) is 0 Å². The van der Waals surface area contributed by atoms with E-state index < -0.39 is 6.04 Å². The molecule has 1 aromatic rings. The third kappa shape index (κ3) is 1.05. The second kappa shape index (κ2) is 3.09. The molecule has 1 aliphatic heterocycles. The van der Waals surface area contributed by atoms with Gasteiger partial charge in [0, 0.05) is 18.3 Å². The highest BCUT2D eigenvalue weighted by atomic mass is 16.2. The molecule has 0 radical (unpaired) electrons. The molecule has 4 heteroatoms. The van der Waals surface area contributed by atoms with E-state index in [0.29, 0.717) is 0 Å². The second-order valence-electron chi connectivity index (χ2n) is 3.08. The number of carbonyl (C=O) groups is 1. The highest BCUT2D eigenvalue weighted by Crippen LogP contribution is 2.36. The third-order valence-corrected chi connectivity index (χ3v) is 2.34. The molecule has 4 nitrogen and oxygen atoms in total. The van der Waals surface area contributed by atoms with Crippen LogP contribution >= 0.6 is 0 Å². The molecule has 0 saturated carbocycles. The number of hydrogen-bond acceptors (Lipinski definition) is 3. The quantitative estimate of drug-likeness (QED) is 0.488. The van der Waals surface area contributed by atoms with Gasteiger partial charge in [0.25, 0.3) is 5.91 Å². The molecule has 0 aromatic heterocycles. The summed E-state index contributed by atoms with van der Waals surface area (Å²) in [6.45, 7) is 0. The molecule has 1 amide bonds. The zero-order chi connectivity index (χ0) is 10.1. The van der Waals surface area contributed by atoms with Crippen molar-refractivity contribution in [2.75, 3.05) is 11.9 Å². The Balaban J connectivity index is 2.58. The fourth-order valence-electron chi connectivity index (χ4n) is 1.64. The standard InChI is InChI=1S/C10H8N2O2/c1-12-8-5-3-2-4-7(8)9(10(12)14)11-6-13/h2-5,9H,1H3. The molecule has 0 aliphatic carbocycles. The molecule has 0 saturated heterocycles. The van der Waals surface area contributed by atoms with Crippen LogP contribution in [0.3, 0.4) is 0 Å². The summed E-state index contributed by atoms with van der Waals surface area (Å²) in [5.41, 5.74) is 1.57. The average Bonchev–Trinajstić information content (AvgIpc) is 2.45. The predicted molar refractivity (Wildman–Crippen MR) is 50.7 cm³/mol. The number of hydrogen-bond donors (Lipinski definition) is 0. The van der Waals surface area contributed by atoms with Crippen molar-refractivity contribution in [2.24, 2.45) is 4.99 Å². The lowest BCUT2D eigenvalue weighted by Crippen LogP contribution is -2.23. The molecular formula is C10H8N2O2. The SMILES string of the molecule is CN1C(=O)C(N=C=O)c2ccccc21. The Hall–Kier alpha value is -1.93. The van der Waals surface area contributed by atoms with Crippen molar-refractivity contribution in [1.82, 2.24) is 0 Å². The van der Waals surface area contributed by atoms with Crippen LogP contribution < -0.4 is 4.90 Å². The highest BCUT2D eigenvalue weighted by Gasteiger charge is 2.34. The van der Waals surface area contributed by atoms with Crippen LogP contribution in [0, 0.1) is 0 Å². The third-order valence-electron chi connectivity index (χ3n) is 2.34. The van der Waals surface area contributed by atoms with Crippen LogP contribution in [0.15, 0.2) is 29.3 Å². The smallest absolute Gasteiger partial charge is 0.257 e. The first kappa shape index (κ1) is 8.66. The molecule has 0 N–H and O–H groups in total. The van der Waals surface area contributed by atoms with E-state index in [1.54, 1.807) is 13.1 Å². The summed E-state index contributed by atoms with van der Waals surface area (Å²) < 4.78 is 0. The van der Waals surface area contributed by atoms with Gasteiger partial charge in [-0.3, -0.25) is 4.79 Å². The van der Waals surface area contributed by atoms with Gasteiger partial charge in [0.2, 0.25) is 6.08 Å². The summed E-state index contributed by atoms with van der Waals surface area (Å²) in [5, 5.41) is 0. The number of amides is 1. The highest BCUT2D eigenvalue weighted by molar-refractivity contribution is 6.04. The minimum absolute atomic E-state index is 0.186. The molecular weight excluding hydrogens is 180 g/mol. The van der Waals surface area contributed by atoms with Gasteiger partial charge in [-0.2, -0.15) is 4.99 Å². The van der Waals surface area contributed by atoms with Crippen molar-refractivity contribution in [3.8, 4) is 0 Å². The van der Waals surface area contributed by atoms with Gasteiger partial charge in [-0.25, -0.2) is 4.79 Å². The van der Waals surface area contributed by atoms with Crippen molar-refractivity contribution < 1.29 is 9.59 Å². The number of carbonyl (C=O) groups excluding carboxylic acids is 2. The Kier molecular flexibility index (Phi) is 1.91. The van der Waals surface area contributed by atoms with E-state index in [2.05, 4.69) is 4.99 Å². The van der Waals surface area contributed by atoms with Crippen LogP contribution in [0.5, 0.6) is 0 Å². The van der Waals surface area contributed by atoms with Gasteiger partial charge in [-0.1, -0.05) is 18.2 Å². The Labute approximate surface area is 80.9 Å². The maximum Gasteiger partial charge on any atom is 0.257 e. The minimum atomic E-state index is -0.700. The maximum atomic E-state index is 11.6. The van der Waals surface area contributed by atoms with Gasteiger partial charge in [0.05, 0.1) is 0 Å². The van der Waals surface area contributed by atoms with Crippen LogP contribution in [-0.4, -0.2) is 19.0 Å². The molecule has 1 atom stereocenters. The fourth-order valence-corrected chi connectivity index (χ4v) is 1.64. The van der Waals surface area contributed by atoms with Crippen molar-refractivity contribution in [2.45, 2.75) is 6.04 Å². The maximum absolute atomic E-state index is 11.6. The van der Waals surface area contributed by atoms with E-state index >= 15 is 0 Å². The summed E-state index contributed by atoms with van der Waals surface area (Å²) in [6, 6.07) is 6.58. The van der Waals surface area contributed by atoms with Gasteiger partial charge in [-0.05, 0) is 6.07 Å². The number of fused-ring (bicyclic) bond motifs is 1. The number of para-hydroxylation sites is 1. The van der Waals surface area contributed by atoms with Crippen LogP contribution in [-0.2, 0) is 9.59 Å². The zero-order valence-corrected chi connectivity index (χ0v) is 7.60. The molecule has 0 bridgehead atoms. The van der Waals surface area contributed by atoms with E-state index in [-0.39, 0.29) is 5.91 Å². The van der Waals surface area contributed by atoms with E-state index in [4.69, 9.17) is 0 Å². The Morgan fingerprint density at radius 3 is 2.86 bits per heavy atom. The molecule has 1 aliphatic rings. The first-order chi connectivity index (χ1) is 6.75. The molecule has 1 unspecified atom stereocenters. The predicted octanol–water partition coefficient (Wildman–Crippen LogP) is 1.04. The Morgan fingerprint density at radius 2 is 2.14 bits per heavy atom. The summed E-state index contributed by atoms with van der Waals surface area (Å²) in [7, 11) is 1.67. The summed E-state index contributed by atoms with van der Waals surface area (Å²) >= 11 is 0. The van der Waals surface area contributed by atoms with Gasteiger partial charge < -0.3 is 4.90 Å². The lowest BCUT2D eigenvalue weighted by Gasteiger charge is -2.08. The largest absolute Gasteiger partial charge is 0.313 e. The molecule has 14 heavy (non-hydrogen) atoms. The monoisotopic (exact) mass is 188 g/mol. The first-order valence-corrected chi connectivity index (χ1v) is 4.19. The zero-order valence-electron chi connectivity index (χ0n) is 7.60. The van der Waals surface area contributed by atoms with Crippen LogP contribution in [0.2, 0.25) is 0 Å². The summed E-state index contributed by atoms with van der Waals surface area (Å²) in [6.07, 6.45) is 1.43. The van der Waals surface area contributed by atoms with Crippen molar-refractivity contribution in [1.29, 1.82) is 0 Å². The van der Waals surface area contributed by atoms with Crippen molar-refractivity contribution >= 4 is 17.7 Å². The first-order valence-electron chi connectivity index (χ1n) is 4.19. The lowest BCUT2D eigenvalue weighted by molar-refractivity contribution is -0.118. The second-order valence-corrected chi connectivity index (χ2v) is 3.08. The Morgan fingerprint density at radius 1 is 1.43 bits per heavy atom. The van der Waals surface area contributed by atoms with Crippen molar-refractivity contribution in [3.63, 3.8) is 0 Å². The number of likely N-dealkylation sites (N-methyl/N-ethyl adjacent to an activating group) is 1. The molecule has 0 spiro atoms. The summed E-state index contributed by atoms with van der Waals surface area (Å²) in [4.78, 5) is 26.8.